The van der Waals surface area contributed by atoms with Crippen molar-refractivity contribution in [3.8, 4) is 0 Å². The molecular weight excluding hydrogens is 262 g/mol. The second kappa shape index (κ2) is 4.66. The lowest BCUT2D eigenvalue weighted by atomic mass is 10.2. The number of aryl methyl sites for hydroxylation is 2. The minimum absolute atomic E-state index is 0.801. The van der Waals surface area contributed by atoms with E-state index in [4.69, 9.17) is 0 Å². The molecule has 0 aliphatic rings. The zero-order valence-electron chi connectivity index (χ0n) is 10.2. The molecule has 3 aromatic rings. The first kappa shape index (κ1) is 11.6. The molecule has 0 aliphatic heterocycles. The molecule has 3 rings (SSSR count). The number of benzene rings is 1. The molecule has 18 heavy (non-hydrogen) atoms. The Hall–Kier alpha value is -1.46. The lowest BCUT2D eigenvalue weighted by Crippen LogP contribution is -1.98. The van der Waals surface area contributed by atoms with Gasteiger partial charge >= 0.3 is 0 Å². The molecule has 0 amide bonds. The maximum Gasteiger partial charge on any atom is 0.184 e. The largest absolute Gasteiger partial charge is 0.357 e. The van der Waals surface area contributed by atoms with Crippen molar-refractivity contribution in [1.29, 1.82) is 0 Å². The second-order valence-electron chi connectivity index (χ2n) is 4.20. The summed E-state index contributed by atoms with van der Waals surface area (Å²) in [6, 6.07) is 6.37. The summed E-state index contributed by atoms with van der Waals surface area (Å²) < 4.78 is 1.23. The second-order valence-corrected chi connectivity index (χ2v) is 6.17. The monoisotopic (exact) mass is 275 g/mol. The molecule has 5 heteroatoms. The van der Waals surface area contributed by atoms with E-state index in [0.717, 1.165) is 22.9 Å². The Balaban J connectivity index is 1.81. The van der Waals surface area contributed by atoms with Gasteiger partial charge in [-0.05, 0) is 31.5 Å². The number of anilines is 1. The third-order valence-electron chi connectivity index (χ3n) is 2.79. The average Bonchev–Trinajstić information content (AvgIpc) is 2.92. The van der Waals surface area contributed by atoms with Gasteiger partial charge in [0.05, 0.1) is 28.0 Å². The summed E-state index contributed by atoms with van der Waals surface area (Å²) in [5.41, 5.74) is 5.30. The fourth-order valence-electron chi connectivity index (χ4n) is 1.76. The van der Waals surface area contributed by atoms with E-state index in [9.17, 15) is 0 Å². The SMILES string of the molecule is Cc1ccc2sc(NCc3scnc3C)nc2c1. The molecular formula is C13H13N3S2. The van der Waals surface area contributed by atoms with Gasteiger partial charge in [0.25, 0.3) is 0 Å². The van der Waals surface area contributed by atoms with Gasteiger partial charge in [0.1, 0.15) is 0 Å². The van der Waals surface area contributed by atoms with Crippen LogP contribution in [0.5, 0.6) is 0 Å². The third-order valence-corrected chi connectivity index (χ3v) is 4.72. The van der Waals surface area contributed by atoms with Gasteiger partial charge in [0.15, 0.2) is 5.13 Å². The molecule has 0 atom stereocenters. The van der Waals surface area contributed by atoms with E-state index in [0.29, 0.717) is 0 Å². The van der Waals surface area contributed by atoms with Gasteiger partial charge in [0.2, 0.25) is 0 Å². The van der Waals surface area contributed by atoms with Crippen molar-refractivity contribution in [3.63, 3.8) is 0 Å². The first-order valence-corrected chi connectivity index (χ1v) is 7.42. The van der Waals surface area contributed by atoms with Crippen molar-refractivity contribution in [2.24, 2.45) is 0 Å². The summed E-state index contributed by atoms with van der Waals surface area (Å²) >= 11 is 3.38. The van der Waals surface area contributed by atoms with E-state index in [2.05, 4.69) is 40.4 Å². The molecule has 2 aromatic heterocycles. The van der Waals surface area contributed by atoms with Crippen molar-refractivity contribution in [2.75, 3.05) is 5.32 Å². The summed E-state index contributed by atoms with van der Waals surface area (Å²) in [5.74, 6) is 0. The van der Waals surface area contributed by atoms with Crippen molar-refractivity contribution >= 4 is 38.0 Å². The molecule has 92 valence electrons. The zero-order chi connectivity index (χ0) is 12.5. The first-order valence-electron chi connectivity index (χ1n) is 5.72. The van der Waals surface area contributed by atoms with E-state index in [1.807, 2.05) is 12.4 Å². The van der Waals surface area contributed by atoms with Crippen LogP contribution in [0, 0.1) is 13.8 Å². The average molecular weight is 275 g/mol. The summed E-state index contributed by atoms with van der Waals surface area (Å²) in [7, 11) is 0. The molecule has 0 bridgehead atoms. The van der Waals surface area contributed by atoms with Crippen LogP contribution in [0.25, 0.3) is 10.2 Å². The quantitative estimate of drug-likeness (QED) is 0.785. The van der Waals surface area contributed by atoms with Gasteiger partial charge in [0, 0.05) is 4.88 Å². The molecule has 0 saturated carbocycles. The van der Waals surface area contributed by atoms with Crippen LogP contribution >= 0.6 is 22.7 Å². The van der Waals surface area contributed by atoms with Crippen LogP contribution in [0.4, 0.5) is 5.13 Å². The van der Waals surface area contributed by atoms with Crippen LogP contribution in [0.3, 0.4) is 0 Å². The Morgan fingerprint density at radius 2 is 2.17 bits per heavy atom. The minimum Gasteiger partial charge on any atom is -0.357 e. The smallest absolute Gasteiger partial charge is 0.184 e. The highest BCUT2D eigenvalue weighted by atomic mass is 32.1. The number of nitrogens with one attached hydrogen (secondary N) is 1. The number of rotatable bonds is 3. The van der Waals surface area contributed by atoms with Crippen LogP contribution < -0.4 is 5.32 Å². The molecule has 2 heterocycles. The van der Waals surface area contributed by atoms with E-state index < -0.39 is 0 Å². The van der Waals surface area contributed by atoms with Gasteiger partial charge in [-0.15, -0.1) is 11.3 Å². The molecule has 0 unspecified atom stereocenters. The van der Waals surface area contributed by atoms with Crippen molar-refractivity contribution in [2.45, 2.75) is 20.4 Å². The Bertz CT molecular complexity index is 684. The third kappa shape index (κ3) is 2.23. The van der Waals surface area contributed by atoms with Crippen molar-refractivity contribution in [1.82, 2.24) is 9.97 Å². The van der Waals surface area contributed by atoms with Gasteiger partial charge in [-0.3, -0.25) is 0 Å². The lowest BCUT2D eigenvalue weighted by Gasteiger charge is -1.99. The van der Waals surface area contributed by atoms with Gasteiger partial charge < -0.3 is 5.32 Å². The molecule has 0 radical (unpaired) electrons. The zero-order valence-corrected chi connectivity index (χ0v) is 11.9. The molecule has 3 nitrogen and oxygen atoms in total. The number of aromatic nitrogens is 2. The Morgan fingerprint density at radius 1 is 1.28 bits per heavy atom. The molecule has 1 N–H and O–H groups in total. The Morgan fingerprint density at radius 3 is 2.94 bits per heavy atom. The highest BCUT2D eigenvalue weighted by Crippen LogP contribution is 2.27. The van der Waals surface area contributed by atoms with Crippen LogP contribution in [0.2, 0.25) is 0 Å². The summed E-state index contributed by atoms with van der Waals surface area (Å²) in [5, 5.41) is 4.35. The fourth-order valence-corrected chi connectivity index (χ4v) is 3.32. The van der Waals surface area contributed by atoms with E-state index in [-0.39, 0.29) is 0 Å². The molecule has 0 spiro atoms. The van der Waals surface area contributed by atoms with Crippen LogP contribution in [-0.4, -0.2) is 9.97 Å². The highest BCUT2D eigenvalue weighted by molar-refractivity contribution is 7.22. The van der Waals surface area contributed by atoms with E-state index >= 15 is 0 Å². The van der Waals surface area contributed by atoms with Gasteiger partial charge in [-0.1, -0.05) is 17.4 Å². The number of thiazole rings is 2. The van der Waals surface area contributed by atoms with Crippen LogP contribution in [0.15, 0.2) is 23.7 Å². The number of hydrogen-bond donors (Lipinski definition) is 1. The molecule has 0 saturated heterocycles. The topological polar surface area (TPSA) is 37.8 Å². The standard InChI is InChI=1S/C13H13N3S2/c1-8-3-4-11-10(5-8)16-13(18-11)14-6-12-9(2)15-7-17-12/h3-5,7H,6H2,1-2H3,(H,14,16). The lowest BCUT2D eigenvalue weighted by molar-refractivity contribution is 1.12. The molecule has 0 aliphatic carbocycles. The van der Waals surface area contributed by atoms with E-state index in [1.165, 1.54) is 15.1 Å². The summed E-state index contributed by atoms with van der Waals surface area (Å²) in [6.07, 6.45) is 0. The maximum atomic E-state index is 4.59. The normalized spacial score (nSPS) is 11.0. The Labute approximate surface area is 114 Å². The Kier molecular flexibility index (Phi) is 3.01. The highest BCUT2D eigenvalue weighted by Gasteiger charge is 2.05. The van der Waals surface area contributed by atoms with Gasteiger partial charge in [-0.2, -0.15) is 0 Å². The van der Waals surface area contributed by atoms with Crippen LogP contribution in [-0.2, 0) is 6.54 Å². The first-order chi connectivity index (χ1) is 8.72. The number of nitrogens with zero attached hydrogens (tertiary/aromatic N) is 2. The van der Waals surface area contributed by atoms with Crippen LogP contribution in [0.1, 0.15) is 16.1 Å². The number of hydrogen-bond acceptors (Lipinski definition) is 5. The molecule has 0 fully saturated rings. The maximum absolute atomic E-state index is 4.59. The summed E-state index contributed by atoms with van der Waals surface area (Å²) in [4.78, 5) is 10.1. The van der Waals surface area contributed by atoms with Gasteiger partial charge in [-0.25, -0.2) is 9.97 Å². The van der Waals surface area contributed by atoms with E-state index in [1.54, 1.807) is 22.7 Å². The number of fused-ring (bicyclic) bond motifs is 1. The van der Waals surface area contributed by atoms with Crippen molar-refractivity contribution < 1.29 is 0 Å². The predicted octanol–water partition coefficient (Wildman–Crippen LogP) is 3.98. The summed E-state index contributed by atoms with van der Waals surface area (Å²) in [6.45, 7) is 4.93. The van der Waals surface area contributed by atoms with Crippen molar-refractivity contribution in [3.05, 3.63) is 39.8 Å². The molecule has 1 aromatic carbocycles. The predicted molar refractivity (Wildman–Crippen MR) is 78.5 cm³/mol. The minimum atomic E-state index is 0.801. The fraction of sp³-hybridized carbons (Fsp3) is 0.231.